The summed E-state index contributed by atoms with van der Waals surface area (Å²) >= 11 is 0. The topological polar surface area (TPSA) is 51.6 Å². The first-order valence-electron chi connectivity index (χ1n) is 18.6. The van der Waals surface area contributed by atoms with E-state index in [4.69, 9.17) is 19.9 Å². The van der Waals surface area contributed by atoms with Gasteiger partial charge in [0, 0.05) is 38.1 Å². The summed E-state index contributed by atoms with van der Waals surface area (Å²) in [6.45, 7) is 13.8. The quantitative estimate of drug-likeness (QED) is 0.182. The molecule has 3 aliphatic rings. The maximum atomic E-state index is 5.27. The highest BCUT2D eigenvalue weighted by Gasteiger charge is 2.40. The number of pyridine rings is 4. The Morgan fingerprint density at radius 3 is 1.19 bits per heavy atom. The molecule has 3 aliphatic carbocycles. The van der Waals surface area contributed by atoms with Crippen molar-refractivity contribution in [3.63, 3.8) is 0 Å². The summed E-state index contributed by atoms with van der Waals surface area (Å²) in [6, 6.07) is 44.3. The molecule has 0 saturated heterocycles. The van der Waals surface area contributed by atoms with Crippen LogP contribution in [0.1, 0.15) is 74.9 Å². The van der Waals surface area contributed by atoms with E-state index in [-0.39, 0.29) is 16.2 Å². The number of fused-ring (bicyclic) bond motifs is 11. The maximum Gasteiger partial charge on any atom is 0.160 e. The Hall–Kier alpha value is -6.00. The van der Waals surface area contributed by atoms with E-state index in [2.05, 4.69) is 163 Å². The summed E-state index contributed by atoms with van der Waals surface area (Å²) in [5.74, 6) is 0. The van der Waals surface area contributed by atoms with Crippen LogP contribution in [0.5, 0.6) is 0 Å². The van der Waals surface area contributed by atoms with Gasteiger partial charge < -0.3 is 0 Å². The predicted molar refractivity (Wildman–Crippen MR) is 216 cm³/mol. The Labute approximate surface area is 309 Å². The van der Waals surface area contributed by atoms with Gasteiger partial charge in [-0.2, -0.15) is 0 Å². The summed E-state index contributed by atoms with van der Waals surface area (Å²) in [6.07, 6.45) is 0. The third-order valence-electron chi connectivity index (χ3n) is 12.7. The van der Waals surface area contributed by atoms with Crippen molar-refractivity contribution in [3.8, 4) is 56.2 Å². The van der Waals surface area contributed by atoms with Gasteiger partial charge in [-0.1, -0.05) is 114 Å². The molecule has 254 valence electrons. The molecule has 4 heterocycles. The zero-order valence-corrected chi connectivity index (χ0v) is 30.8. The molecule has 0 saturated carbocycles. The van der Waals surface area contributed by atoms with Crippen LogP contribution in [0.3, 0.4) is 0 Å². The molecular weight excluding hydrogens is 645 g/mol. The number of hydrogen-bond donors (Lipinski definition) is 0. The lowest BCUT2D eigenvalue weighted by Crippen LogP contribution is -2.15. The first-order valence-corrected chi connectivity index (χ1v) is 18.6. The molecule has 53 heavy (non-hydrogen) atoms. The molecule has 4 aromatic carbocycles. The van der Waals surface area contributed by atoms with Gasteiger partial charge in [0.1, 0.15) is 0 Å². The van der Waals surface area contributed by atoms with Gasteiger partial charge in [0.25, 0.3) is 0 Å². The number of rotatable bonds is 2. The number of hydrogen-bond acceptors (Lipinski definition) is 4. The standard InChI is InChI=1S/C49H38N4/c1-47(2)35-13-9-7-11-31(35)33-19-15-27(23-37(33)47)41-21-17-29-25-39-43(52-45(29)50-41)44-40(49(39,5)6)26-30-18-22-42(51-46(30)53-44)28-16-20-34-32-12-8-10-14-36(32)48(3,4)38(34)24-28/h7-26H,1-6H3. The van der Waals surface area contributed by atoms with Crippen LogP contribution in [0.2, 0.25) is 0 Å². The molecule has 0 amide bonds. The van der Waals surface area contributed by atoms with Crippen LogP contribution < -0.4 is 0 Å². The molecular formula is C49H38N4. The fourth-order valence-electron chi connectivity index (χ4n) is 9.61. The minimum atomic E-state index is -0.258. The van der Waals surface area contributed by atoms with E-state index in [9.17, 15) is 0 Å². The molecule has 0 unspecified atom stereocenters. The highest BCUT2D eigenvalue weighted by Crippen LogP contribution is 2.52. The average Bonchev–Trinajstić information content (AvgIpc) is 3.64. The molecule has 0 bridgehead atoms. The van der Waals surface area contributed by atoms with Crippen molar-refractivity contribution in [2.45, 2.75) is 57.8 Å². The zero-order valence-electron chi connectivity index (χ0n) is 30.8. The molecule has 0 N–H and O–H groups in total. The van der Waals surface area contributed by atoms with Gasteiger partial charge in [-0.15, -0.1) is 0 Å². The first-order chi connectivity index (χ1) is 25.5. The third kappa shape index (κ3) is 4.07. The monoisotopic (exact) mass is 682 g/mol. The SMILES string of the molecule is CC1(C)c2ccccc2-c2ccc(-c3ccc4cc5c(nc4n3)-c3nc4nc(-c6ccc7c(c6)C(C)(C)c6ccccc6-7)ccc4cc3C5(C)C)cc21. The number of aromatic nitrogens is 4. The predicted octanol–water partition coefficient (Wildman–Crippen LogP) is 11.8. The van der Waals surface area contributed by atoms with Gasteiger partial charge in [0.05, 0.1) is 22.8 Å². The fraction of sp³-hybridized carbons (Fsp3) is 0.184. The van der Waals surface area contributed by atoms with Crippen LogP contribution in [-0.2, 0) is 16.2 Å². The van der Waals surface area contributed by atoms with Crippen molar-refractivity contribution in [1.29, 1.82) is 0 Å². The Morgan fingerprint density at radius 2 is 0.736 bits per heavy atom. The lowest BCUT2D eigenvalue weighted by Gasteiger charge is -2.22. The molecule has 0 spiro atoms. The van der Waals surface area contributed by atoms with Crippen molar-refractivity contribution in [2.75, 3.05) is 0 Å². The average molecular weight is 683 g/mol. The van der Waals surface area contributed by atoms with Gasteiger partial charge in [-0.25, -0.2) is 19.9 Å². The minimum Gasteiger partial charge on any atom is -0.228 e. The van der Waals surface area contributed by atoms with E-state index in [1.54, 1.807) is 0 Å². The van der Waals surface area contributed by atoms with E-state index in [0.29, 0.717) is 0 Å². The third-order valence-corrected chi connectivity index (χ3v) is 12.7. The van der Waals surface area contributed by atoms with Crippen molar-refractivity contribution < 1.29 is 0 Å². The first kappa shape index (κ1) is 30.6. The minimum absolute atomic E-state index is 0.0710. The molecule has 11 rings (SSSR count). The molecule has 0 fully saturated rings. The van der Waals surface area contributed by atoms with E-state index in [1.807, 2.05) is 0 Å². The Morgan fingerprint density at radius 1 is 0.340 bits per heavy atom. The van der Waals surface area contributed by atoms with Crippen LogP contribution in [0.15, 0.2) is 121 Å². The number of benzene rings is 4. The zero-order chi connectivity index (χ0) is 36.0. The van der Waals surface area contributed by atoms with Gasteiger partial charge in [0.2, 0.25) is 0 Å². The number of nitrogens with zero attached hydrogens (tertiary/aromatic N) is 4. The van der Waals surface area contributed by atoms with Crippen LogP contribution in [0.25, 0.3) is 78.2 Å². The van der Waals surface area contributed by atoms with E-state index in [0.717, 1.165) is 56.0 Å². The summed E-state index contributed by atoms with van der Waals surface area (Å²) < 4.78 is 0. The largest absolute Gasteiger partial charge is 0.228 e. The maximum absolute atomic E-state index is 5.27. The van der Waals surface area contributed by atoms with Crippen LogP contribution >= 0.6 is 0 Å². The van der Waals surface area contributed by atoms with Crippen LogP contribution in [-0.4, -0.2) is 19.9 Å². The van der Waals surface area contributed by atoms with Crippen LogP contribution in [0.4, 0.5) is 0 Å². The van der Waals surface area contributed by atoms with Crippen LogP contribution in [0, 0.1) is 0 Å². The van der Waals surface area contributed by atoms with Crippen molar-refractivity contribution in [1.82, 2.24) is 19.9 Å². The van der Waals surface area contributed by atoms with Crippen molar-refractivity contribution in [2.24, 2.45) is 0 Å². The molecule has 0 radical (unpaired) electrons. The Balaban J connectivity index is 1.00. The Kier molecular flexibility index (Phi) is 5.84. The van der Waals surface area contributed by atoms with Gasteiger partial charge in [-0.3, -0.25) is 0 Å². The second-order valence-corrected chi connectivity index (χ2v) is 16.7. The molecule has 0 aliphatic heterocycles. The van der Waals surface area contributed by atoms with Crippen molar-refractivity contribution in [3.05, 3.63) is 155 Å². The second-order valence-electron chi connectivity index (χ2n) is 16.7. The summed E-state index contributed by atoms with van der Waals surface area (Å²) in [7, 11) is 0. The Bertz CT molecular complexity index is 2730. The molecule has 8 aromatic rings. The fourth-order valence-corrected chi connectivity index (χ4v) is 9.61. The summed E-state index contributed by atoms with van der Waals surface area (Å²) in [5.41, 5.74) is 20.0. The van der Waals surface area contributed by atoms with E-state index >= 15 is 0 Å². The molecule has 4 aromatic heterocycles. The second kappa shape index (κ2) is 10.1. The smallest absolute Gasteiger partial charge is 0.160 e. The highest BCUT2D eigenvalue weighted by molar-refractivity contribution is 5.91. The lowest BCUT2D eigenvalue weighted by molar-refractivity contribution is 0.659. The van der Waals surface area contributed by atoms with E-state index in [1.165, 1.54) is 55.6 Å². The molecule has 4 heteroatoms. The summed E-state index contributed by atoms with van der Waals surface area (Å²) in [5, 5.41) is 2.07. The molecule has 4 nitrogen and oxygen atoms in total. The lowest BCUT2D eigenvalue weighted by atomic mass is 9.82. The summed E-state index contributed by atoms with van der Waals surface area (Å²) in [4.78, 5) is 20.9. The van der Waals surface area contributed by atoms with Gasteiger partial charge >= 0.3 is 0 Å². The molecule has 0 atom stereocenters. The van der Waals surface area contributed by atoms with Gasteiger partial charge in [-0.05, 0) is 104 Å². The van der Waals surface area contributed by atoms with Crippen molar-refractivity contribution >= 4 is 22.1 Å². The van der Waals surface area contributed by atoms with E-state index < -0.39 is 0 Å². The normalized spacial score (nSPS) is 16.2. The van der Waals surface area contributed by atoms with Gasteiger partial charge in [0.15, 0.2) is 11.3 Å². The highest BCUT2D eigenvalue weighted by atomic mass is 14.9.